The van der Waals surface area contributed by atoms with Gasteiger partial charge in [0.05, 0.1) is 17.1 Å². The van der Waals surface area contributed by atoms with E-state index in [9.17, 15) is 4.79 Å². The lowest BCUT2D eigenvalue weighted by atomic mass is 9.92. The minimum atomic E-state index is 0.0401. The van der Waals surface area contributed by atoms with Crippen molar-refractivity contribution in [1.82, 2.24) is 15.1 Å². The third-order valence-corrected chi connectivity index (χ3v) is 4.73. The monoisotopic (exact) mass is 359 g/mol. The molecule has 1 amide bonds. The molecule has 0 saturated heterocycles. The summed E-state index contributed by atoms with van der Waals surface area (Å²) in [5.74, 6) is 0.982. The molecule has 0 N–H and O–H groups in total. The van der Waals surface area contributed by atoms with Gasteiger partial charge < -0.3 is 9.32 Å². The van der Waals surface area contributed by atoms with E-state index in [4.69, 9.17) is 16.0 Å². The maximum absolute atomic E-state index is 12.9. The molecule has 0 radical (unpaired) electrons. The number of hydrogen-bond donors (Lipinski definition) is 0. The summed E-state index contributed by atoms with van der Waals surface area (Å²) in [6, 6.07) is 7.39. The normalized spacial score (nSPS) is 17.0. The number of aromatic nitrogens is 2. The first-order valence-electron chi connectivity index (χ1n) is 8.59. The number of rotatable bonds is 5. The Kier molecular flexibility index (Phi) is 5.53. The summed E-state index contributed by atoms with van der Waals surface area (Å²) >= 11 is 6.18. The highest BCUT2D eigenvalue weighted by molar-refractivity contribution is 6.33. The van der Waals surface area contributed by atoms with Gasteiger partial charge in [-0.25, -0.2) is 0 Å². The van der Waals surface area contributed by atoms with Gasteiger partial charge >= 0.3 is 0 Å². The summed E-state index contributed by atoms with van der Waals surface area (Å²) in [5, 5.41) is 8.74. The molecule has 5 nitrogen and oxygen atoms in total. The molecule has 0 aliphatic heterocycles. The topological polar surface area (TPSA) is 59.2 Å². The molecule has 0 fully saturated rings. The van der Waals surface area contributed by atoms with Crippen molar-refractivity contribution in [3.8, 4) is 11.5 Å². The highest BCUT2D eigenvalue weighted by atomic mass is 35.5. The van der Waals surface area contributed by atoms with Crippen molar-refractivity contribution < 1.29 is 9.21 Å². The summed E-state index contributed by atoms with van der Waals surface area (Å²) in [4.78, 5) is 14.7. The smallest absolute Gasteiger partial charge is 0.249 e. The summed E-state index contributed by atoms with van der Waals surface area (Å²) in [7, 11) is 0. The van der Waals surface area contributed by atoms with Crippen LogP contribution in [0.4, 0.5) is 0 Å². The molecule has 0 spiro atoms. The summed E-state index contributed by atoms with van der Waals surface area (Å²) < 4.78 is 5.75. The van der Waals surface area contributed by atoms with E-state index in [-0.39, 0.29) is 17.9 Å². The van der Waals surface area contributed by atoms with E-state index < -0.39 is 0 Å². The number of nitrogens with zero attached hydrogens (tertiary/aromatic N) is 3. The maximum atomic E-state index is 12.9. The highest BCUT2D eigenvalue weighted by Crippen LogP contribution is 2.27. The third kappa shape index (κ3) is 4.10. The van der Waals surface area contributed by atoms with Gasteiger partial charge in [0.2, 0.25) is 17.7 Å². The Morgan fingerprint density at radius 3 is 2.80 bits per heavy atom. The van der Waals surface area contributed by atoms with Crippen molar-refractivity contribution in [2.45, 2.75) is 45.7 Å². The summed E-state index contributed by atoms with van der Waals surface area (Å²) in [6.45, 7) is 4.32. The van der Waals surface area contributed by atoms with Gasteiger partial charge in [0.25, 0.3) is 0 Å². The lowest BCUT2D eigenvalue weighted by Gasteiger charge is -2.30. The zero-order valence-corrected chi connectivity index (χ0v) is 15.2. The molecule has 0 unspecified atom stereocenters. The average molecular weight is 360 g/mol. The fourth-order valence-corrected chi connectivity index (χ4v) is 3.19. The fourth-order valence-electron chi connectivity index (χ4n) is 2.97. The Labute approximate surface area is 152 Å². The predicted octanol–water partition coefficient (Wildman–Crippen LogP) is 4.48. The SMILES string of the molecule is CC(C)N(Cc1nnc(-c2ccccc2Cl)o1)C(=O)[C@H]1CC=CCC1. The van der Waals surface area contributed by atoms with E-state index >= 15 is 0 Å². The largest absolute Gasteiger partial charge is 0.419 e. The number of benzene rings is 1. The predicted molar refractivity (Wildman–Crippen MR) is 96.9 cm³/mol. The Morgan fingerprint density at radius 2 is 2.12 bits per heavy atom. The molecular formula is C19H22ClN3O2. The van der Waals surface area contributed by atoms with Crippen LogP contribution in [0, 0.1) is 5.92 Å². The Balaban J connectivity index is 1.76. The van der Waals surface area contributed by atoms with Crippen molar-refractivity contribution >= 4 is 17.5 Å². The first kappa shape index (κ1) is 17.7. The van der Waals surface area contributed by atoms with Crippen LogP contribution in [0.1, 0.15) is 39.0 Å². The van der Waals surface area contributed by atoms with Gasteiger partial charge in [-0.1, -0.05) is 35.9 Å². The van der Waals surface area contributed by atoms with Gasteiger partial charge in [0.15, 0.2) is 0 Å². The number of hydrogen-bond acceptors (Lipinski definition) is 4. The molecule has 0 bridgehead atoms. The van der Waals surface area contributed by atoms with Gasteiger partial charge in [0, 0.05) is 12.0 Å². The van der Waals surface area contributed by atoms with Crippen molar-refractivity contribution in [3.05, 3.63) is 47.3 Å². The third-order valence-electron chi connectivity index (χ3n) is 4.40. The molecule has 3 rings (SSSR count). The second kappa shape index (κ2) is 7.83. The summed E-state index contributed by atoms with van der Waals surface area (Å²) in [6.07, 6.45) is 6.88. The van der Waals surface area contributed by atoms with E-state index in [1.807, 2.05) is 36.9 Å². The van der Waals surface area contributed by atoms with Crippen molar-refractivity contribution in [2.24, 2.45) is 5.92 Å². The number of carbonyl (C=O) groups is 1. The Hall–Kier alpha value is -2.14. The molecule has 1 atom stereocenters. The zero-order valence-electron chi connectivity index (χ0n) is 14.5. The molecule has 25 heavy (non-hydrogen) atoms. The van der Waals surface area contributed by atoms with Gasteiger partial charge in [-0.3, -0.25) is 4.79 Å². The second-order valence-electron chi connectivity index (χ2n) is 6.52. The van der Waals surface area contributed by atoms with E-state index in [2.05, 4.69) is 22.3 Å². The van der Waals surface area contributed by atoms with Crippen LogP contribution in [0.15, 0.2) is 40.8 Å². The van der Waals surface area contributed by atoms with Crippen LogP contribution in [0.2, 0.25) is 5.02 Å². The summed E-state index contributed by atoms with van der Waals surface area (Å²) in [5.41, 5.74) is 0.697. The number of carbonyl (C=O) groups excluding carboxylic acids is 1. The van der Waals surface area contributed by atoms with Gasteiger partial charge in [-0.15, -0.1) is 10.2 Å². The van der Waals surface area contributed by atoms with Crippen molar-refractivity contribution in [3.63, 3.8) is 0 Å². The molecule has 1 heterocycles. The Bertz CT molecular complexity index is 770. The minimum absolute atomic E-state index is 0.0401. The lowest BCUT2D eigenvalue weighted by molar-refractivity contribution is -0.138. The molecular weight excluding hydrogens is 338 g/mol. The van der Waals surface area contributed by atoms with Gasteiger partial charge in [0.1, 0.15) is 0 Å². The highest BCUT2D eigenvalue weighted by Gasteiger charge is 2.27. The maximum Gasteiger partial charge on any atom is 0.249 e. The molecule has 132 valence electrons. The van der Waals surface area contributed by atoms with Crippen molar-refractivity contribution in [2.75, 3.05) is 0 Å². The van der Waals surface area contributed by atoms with E-state index in [0.29, 0.717) is 28.9 Å². The molecule has 1 aliphatic rings. The number of halogens is 1. The fraction of sp³-hybridized carbons (Fsp3) is 0.421. The van der Waals surface area contributed by atoms with Crippen LogP contribution in [0.25, 0.3) is 11.5 Å². The molecule has 0 saturated carbocycles. The Morgan fingerprint density at radius 1 is 1.32 bits per heavy atom. The molecule has 1 aromatic heterocycles. The zero-order chi connectivity index (χ0) is 17.8. The molecule has 2 aromatic rings. The van der Waals surface area contributed by atoms with Crippen LogP contribution >= 0.6 is 11.6 Å². The van der Waals surface area contributed by atoms with Gasteiger partial charge in [-0.2, -0.15) is 0 Å². The van der Waals surface area contributed by atoms with Crippen LogP contribution in [0.3, 0.4) is 0 Å². The van der Waals surface area contributed by atoms with E-state index in [1.165, 1.54) is 0 Å². The van der Waals surface area contributed by atoms with Gasteiger partial charge in [-0.05, 0) is 45.2 Å². The van der Waals surface area contributed by atoms with Crippen molar-refractivity contribution in [1.29, 1.82) is 0 Å². The lowest BCUT2D eigenvalue weighted by Crippen LogP contribution is -2.40. The number of amides is 1. The molecule has 1 aliphatic carbocycles. The standard InChI is InChI=1S/C19H22ClN3O2/c1-13(2)23(19(24)14-8-4-3-5-9-14)12-17-21-22-18(25-17)15-10-6-7-11-16(15)20/h3-4,6-7,10-11,13-14H,5,8-9,12H2,1-2H3/t14-/m0/s1. The van der Waals surface area contributed by atoms with Crippen LogP contribution in [-0.4, -0.2) is 27.0 Å². The van der Waals surface area contributed by atoms with E-state index in [0.717, 1.165) is 19.3 Å². The number of allylic oxidation sites excluding steroid dienone is 2. The van der Waals surface area contributed by atoms with Crippen LogP contribution in [-0.2, 0) is 11.3 Å². The van der Waals surface area contributed by atoms with E-state index in [1.54, 1.807) is 6.07 Å². The average Bonchev–Trinajstić information content (AvgIpc) is 3.08. The van der Waals surface area contributed by atoms with Crippen LogP contribution in [0.5, 0.6) is 0 Å². The first-order valence-corrected chi connectivity index (χ1v) is 8.97. The molecule has 6 heteroatoms. The molecule has 1 aromatic carbocycles. The quantitative estimate of drug-likeness (QED) is 0.738. The second-order valence-corrected chi connectivity index (χ2v) is 6.93. The minimum Gasteiger partial charge on any atom is -0.419 e. The first-order chi connectivity index (χ1) is 12.1. The van der Waals surface area contributed by atoms with Crippen LogP contribution < -0.4 is 0 Å².